The zero-order valence-corrected chi connectivity index (χ0v) is 10.6. The highest BCUT2D eigenvalue weighted by atomic mass is 32.1. The lowest BCUT2D eigenvalue weighted by Gasteiger charge is -2.00. The predicted octanol–water partition coefficient (Wildman–Crippen LogP) is 1.78. The van der Waals surface area contributed by atoms with Gasteiger partial charge in [-0.1, -0.05) is 0 Å². The van der Waals surface area contributed by atoms with Gasteiger partial charge >= 0.3 is 0 Å². The lowest BCUT2D eigenvalue weighted by molar-refractivity contribution is 0.102. The summed E-state index contributed by atoms with van der Waals surface area (Å²) in [6.45, 7) is 1.90. The van der Waals surface area contributed by atoms with Crippen molar-refractivity contribution in [3.05, 3.63) is 28.5 Å². The van der Waals surface area contributed by atoms with E-state index >= 15 is 0 Å². The van der Waals surface area contributed by atoms with Gasteiger partial charge in [-0.2, -0.15) is 10.4 Å². The predicted molar refractivity (Wildman–Crippen MR) is 70.0 cm³/mol. The highest BCUT2D eigenvalue weighted by molar-refractivity contribution is 7.18. The number of aryl methyl sites for hydroxylation is 1. The Bertz CT molecular complexity index is 773. The van der Waals surface area contributed by atoms with E-state index in [1.54, 1.807) is 6.07 Å². The second-order valence-corrected chi connectivity index (χ2v) is 5.09. The first-order valence-corrected chi connectivity index (χ1v) is 6.20. The summed E-state index contributed by atoms with van der Waals surface area (Å²) < 4.78 is 0.924. The van der Waals surface area contributed by atoms with Gasteiger partial charge in [-0.25, -0.2) is 4.98 Å². The highest BCUT2D eigenvalue weighted by Crippen LogP contribution is 2.22. The molecule has 0 atom stereocenters. The number of nitrogens with zero attached hydrogens (tertiary/aromatic N) is 3. The zero-order chi connectivity index (χ0) is 13.4. The molecule has 94 valence electrons. The van der Waals surface area contributed by atoms with Crippen LogP contribution in [0.15, 0.2) is 12.3 Å². The van der Waals surface area contributed by atoms with Crippen LogP contribution in [0, 0.1) is 18.3 Å². The van der Waals surface area contributed by atoms with Crippen molar-refractivity contribution in [1.82, 2.24) is 20.2 Å². The fourth-order valence-corrected chi connectivity index (χ4v) is 2.52. The Morgan fingerprint density at radius 2 is 2.42 bits per heavy atom. The molecule has 0 saturated carbocycles. The number of hydrogen-bond donors (Lipinski definition) is 3. The van der Waals surface area contributed by atoms with Crippen LogP contribution in [0.25, 0.3) is 10.3 Å². The van der Waals surface area contributed by atoms with E-state index in [9.17, 15) is 4.79 Å². The SMILES string of the molecule is Cc1nc2[nH]c(C(=O)Nc3[nH]ncc3C#N)cc2s1. The Kier molecular flexibility index (Phi) is 2.54. The minimum absolute atomic E-state index is 0.287. The summed E-state index contributed by atoms with van der Waals surface area (Å²) in [5, 5.41) is 18.6. The summed E-state index contributed by atoms with van der Waals surface area (Å²) in [4.78, 5) is 19.2. The molecule has 8 heteroatoms. The molecule has 0 bridgehead atoms. The number of aromatic nitrogens is 4. The van der Waals surface area contributed by atoms with Crippen molar-refractivity contribution in [2.24, 2.45) is 0 Å². The molecule has 3 aromatic rings. The van der Waals surface area contributed by atoms with Crippen molar-refractivity contribution in [3.8, 4) is 6.07 Å². The number of H-pyrrole nitrogens is 2. The normalized spacial score (nSPS) is 10.5. The standard InChI is InChI=1S/C11H8N6OS/c1-5-14-10-8(19-5)2-7(15-10)11(18)16-9-6(3-12)4-13-17-9/h2,4,15H,1H3,(H2,13,16,17,18). The molecule has 0 aromatic carbocycles. The van der Waals surface area contributed by atoms with Gasteiger partial charge in [0.1, 0.15) is 28.8 Å². The smallest absolute Gasteiger partial charge is 0.273 e. The van der Waals surface area contributed by atoms with Crippen LogP contribution in [0.5, 0.6) is 0 Å². The van der Waals surface area contributed by atoms with Gasteiger partial charge in [-0.15, -0.1) is 11.3 Å². The maximum absolute atomic E-state index is 12.0. The van der Waals surface area contributed by atoms with E-state index in [2.05, 4.69) is 25.5 Å². The number of nitriles is 1. The molecule has 0 fully saturated rings. The number of anilines is 1. The third-order valence-electron chi connectivity index (χ3n) is 2.53. The van der Waals surface area contributed by atoms with Crippen LogP contribution >= 0.6 is 11.3 Å². The summed E-state index contributed by atoms with van der Waals surface area (Å²) in [5.74, 6) is -0.0572. The van der Waals surface area contributed by atoms with Gasteiger partial charge in [0.05, 0.1) is 15.9 Å². The molecule has 0 aliphatic heterocycles. The van der Waals surface area contributed by atoms with E-state index in [-0.39, 0.29) is 17.3 Å². The highest BCUT2D eigenvalue weighted by Gasteiger charge is 2.14. The van der Waals surface area contributed by atoms with E-state index in [1.165, 1.54) is 17.5 Å². The van der Waals surface area contributed by atoms with E-state index < -0.39 is 0 Å². The number of carbonyl (C=O) groups excluding carboxylic acids is 1. The minimum Gasteiger partial charge on any atom is -0.334 e. The van der Waals surface area contributed by atoms with Crippen LogP contribution in [0.1, 0.15) is 21.1 Å². The third kappa shape index (κ3) is 1.96. The van der Waals surface area contributed by atoms with Crippen molar-refractivity contribution in [2.45, 2.75) is 6.92 Å². The first-order valence-electron chi connectivity index (χ1n) is 5.38. The first-order chi connectivity index (χ1) is 9.17. The fourth-order valence-electron chi connectivity index (χ4n) is 1.69. The quantitative estimate of drug-likeness (QED) is 0.660. The molecule has 0 unspecified atom stereocenters. The monoisotopic (exact) mass is 272 g/mol. The summed E-state index contributed by atoms with van der Waals surface area (Å²) >= 11 is 1.51. The lowest BCUT2D eigenvalue weighted by Crippen LogP contribution is -2.13. The van der Waals surface area contributed by atoms with Crippen molar-refractivity contribution in [1.29, 1.82) is 5.26 Å². The number of rotatable bonds is 2. The average molecular weight is 272 g/mol. The second kappa shape index (κ2) is 4.22. The molecule has 3 rings (SSSR count). The van der Waals surface area contributed by atoms with E-state index in [0.29, 0.717) is 11.3 Å². The number of aromatic amines is 2. The molecule has 0 radical (unpaired) electrons. The zero-order valence-electron chi connectivity index (χ0n) is 9.81. The van der Waals surface area contributed by atoms with E-state index in [1.807, 2.05) is 13.0 Å². The number of thiazole rings is 1. The average Bonchev–Trinajstić information content (AvgIpc) is 3.02. The molecule has 0 aliphatic carbocycles. The Morgan fingerprint density at radius 1 is 1.58 bits per heavy atom. The van der Waals surface area contributed by atoms with Gasteiger partial charge < -0.3 is 10.3 Å². The van der Waals surface area contributed by atoms with Gasteiger partial charge in [-0.3, -0.25) is 9.89 Å². The largest absolute Gasteiger partial charge is 0.334 e. The molecule has 3 N–H and O–H groups in total. The van der Waals surface area contributed by atoms with Gasteiger partial charge in [0, 0.05) is 0 Å². The molecular weight excluding hydrogens is 264 g/mol. The Morgan fingerprint density at radius 3 is 3.16 bits per heavy atom. The van der Waals surface area contributed by atoms with Gasteiger partial charge in [0.25, 0.3) is 5.91 Å². The van der Waals surface area contributed by atoms with Crippen LogP contribution in [0.3, 0.4) is 0 Å². The summed E-state index contributed by atoms with van der Waals surface area (Å²) in [6, 6.07) is 3.67. The Hall–Kier alpha value is -2.66. The fraction of sp³-hybridized carbons (Fsp3) is 0.0909. The maximum Gasteiger partial charge on any atom is 0.273 e. The first kappa shape index (κ1) is 11.4. The van der Waals surface area contributed by atoms with E-state index in [4.69, 9.17) is 5.26 Å². The summed E-state index contributed by atoms with van der Waals surface area (Å²) in [6.07, 6.45) is 1.35. The Labute approximate surface area is 111 Å². The molecule has 3 heterocycles. The van der Waals surface area contributed by atoms with Crippen LogP contribution in [-0.2, 0) is 0 Å². The molecule has 3 aromatic heterocycles. The van der Waals surface area contributed by atoms with Crippen molar-refractivity contribution < 1.29 is 4.79 Å². The van der Waals surface area contributed by atoms with Gasteiger partial charge in [0.2, 0.25) is 0 Å². The minimum atomic E-state index is -0.344. The van der Waals surface area contributed by atoms with E-state index in [0.717, 1.165) is 9.71 Å². The number of nitrogens with one attached hydrogen (secondary N) is 3. The van der Waals surface area contributed by atoms with Crippen molar-refractivity contribution in [2.75, 3.05) is 5.32 Å². The third-order valence-corrected chi connectivity index (χ3v) is 3.45. The molecule has 0 saturated heterocycles. The number of fused-ring (bicyclic) bond motifs is 1. The summed E-state index contributed by atoms with van der Waals surface area (Å²) in [7, 11) is 0. The summed E-state index contributed by atoms with van der Waals surface area (Å²) in [5.41, 5.74) is 1.38. The maximum atomic E-state index is 12.0. The molecule has 0 aliphatic rings. The second-order valence-electron chi connectivity index (χ2n) is 3.85. The molecule has 0 spiro atoms. The number of hydrogen-bond acceptors (Lipinski definition) is 5. The van der Waals surface area contributed by atoms with Crippen LogP contribution in [0.2, 0.25) is 0 Å². The topological polar surface area (TPSA) is 110 Å². The number of amides is 1. The van der Waals surface area contributed by atoms with Crippen LogP contribution < -0.4 is 5.32 Å². The molecule has 19 heavy (non-hydrogen) atoms. The molecule has 1 amide bonds. The van der Waals surface area contributed by atoms with Crippen LogP contribution in [-0.4, -0.2) is 26.1 Å². The lowest BCUT2D eigenvalue weighted by atomic mass is 10.3. The van der Waals surface area contributed by atoms with Gasteiger partial charge in [-0.05, 0) is 13.0 Å². The molecular formula is C11H8N6OS. The van der Waals surface area contributed by atoms with Crippen molar-refractivity contribution >= 4 is 33.4 Å². The van der Waals surface area contributed by atoms with Gasteiger partial charge in [0.15, 0.2) is 0 Å². The van der Waals surface area contributed by atoms with Crippen molar-refractivity contribution in [3.63, 3.8) is 0 Å². The Balaban J connectivity index is 1.87. The number of carbonyl (C=O) groups is 1. The van der Waals surface area contributed by atoms with Crippen LogP contribution in [0.4, 0.5) is 5.82 Å². The molecule has 7 nitrogen and oxygen atoms in total.